The maximum atomic E-state index is 14.0. The van der Waals surface area contributed by atoms with E-state index < -0.39 is 24.3 Å². The molecule has 1 saturated heterocycles. The third-order valence-corrected chi connectivity index (χ3v) is 8.34. The van der Waals surface area contributed by atoms with Crippen molar-refractivity contribution in [1.29, 1.82) is 0 Å². The topological polar surface area (TPSA) is 75.7 Å². The maximum Gasteiger partial charge on any atom is 0.333 e. The van der Waals surface area contributed by atoms with Crippen LogP contribution in [0.5, 0.6) is 0 Å². The molecule has 4 aromatic rings. The molecular weight excluding hydrogens is 569 g/mol. The predicted octanol–water partition coefficient (Wildman–Crippen LogP) is 6.73. The van der Waals surface area contributed by atoms with E-state index in [2.05, 4.69) is 15.1 Å². The van der Waals surface area contributed by atoms with Crippen LogP contribution < -0.4 is 0 Å². The minimum atomic E-state index is -2.82. The van der Waals surface area contributed by atoms with E-state index in [0.717, 1.165) is 10.6 Å². The van der Waals surface area contributed by atoms with E-state index in [1.54, 1.807) is 23.9 Å². The average molecular weight is 587 g/mol. The van der Waals surface area contributed by atoms with Crippen molar-refractivity contribution in [2.45, 2.75) is 19.0 Å². The van der Waals surface area contributed by atoms with Crippen molar-refractivity contribution in [2.75, 3.05) is 6.54 Å². The third kappa shape index (κ3) is 4.95. The van der Waals surface area contributed by atoms with Gasteiger partial charge in [0.1, 0.15) is 17.7 Å². The van der Waals surface area contributed by atoms with Gasteiger partial charge < -0.3 is 4.90 Å². The number of hydrogen-bond acceptors (Lipinski definition) is 7. The summed E-state index contributed by atoms with van der Waals surface area (Å²) in [6, 6.07) is 8.69. The SMILES string of the molecule is O=C(N=C[C@H]1CC2=C(c3ccn(C(F)F)n3)[C@H](c3ccc(F)cc3Cl)N=C(c3cccs3)N2C1)c1nccs1. The lowest BCUT2D eigenvalue weighted by atomic mass is 9.91. The molecule has 5 heterocycles. The summed E-state index contributed by atoms with van der Waals surface area (Å²) in [7, 11) is 0. The molecule has 0 aliphatic carbocycles. The Bertz CT molecular complexity index is 1610. The van der Waals surface area contributed by atoms with Crippen molar-refractivity contribution in [3.63, 3.8) is 0 Å². The Balaban J connectivity index is 1.48. The lowest BCUT2D eigenvalue weighted by Gasteiger charge is -2.32. The number of fused-ring (bicyclic) bond motifs is 1. The average Bonchev–Trinajstić information content (AvgIpc) is 3.73. The molecule has 0 radical (unpaired) electrons. The number of nitrogens with zero attached hydrogens (tertiary/aromatic N) is 6. The summed E-state index contributed by atoms with van der Waals surface area (Å²) in [6.07, 6.45) is 4.81. The van der Waals surface area contributed by atoms with Gasteiger partial charge in [-0.1, -0.05) is 23.7 Å². The maximum absolute atomic E-state index is 14.0. The van der Waals surface area contributed by atoms with E-state index in [1.807, 2.05) is 22.4 Å². The van der Waals surface area contributed by atoms with E-state index in [4.69, 9.17) is 16.6 Å². The smallest absolute Gasteiger partial charge is 0.328 e. The summed E-state index contributed by atoms with van der Waals surface area (Å²) in [4.78, 5) is 28.6. The quantitative estimate of drug-likeness (QED) is 0.235. The molecule has 0 N–H and O–H groups in total. The number of alkyl halides is 2. The number of thiophene rings is 1. The number of halogens is 4. The van der Waals surface area contributed by atoms with Gasteiger partial charge in [0, 0.05) is 58.3 Å². The second-order valence-corrected chi connectivity index (χ2v) is 11.1. The molecule has 2 aliphatic heterocycles. The Hall–Kier alpha value is -3.61. The van der Waals surface area contributed by atoms with Crippen LogP contribution in [-0.4, -0.2) is 44.2 Å². The zero-order chi connectivity index (χ0) is 27.1. The highest BCUT2D eigenvalue weighted by Crippen LogP contribution is 2.47. The van der Waals surface area contributed by atoms with Crippen LogP contribution in [0.2, 0.25) is 5.02 Å². The number of benzene rings is 1. The van der Waals surface area contributed by atoms with Crippen LogP contribution in [0.3, 0.4) is 0 Å². The molecule has 1 aromatic carbocycles. The summed E-state index contributed by atoms with van der Waals surface area (Å²) in [6.45, 7) is -2.36. The lowest BCUT2D eigenvalue weighted by Crippen LogP contribution is -2.33. The van der Waals surface area contributed by atoms with Crippen molar-refractivity contribution in [3.05, 3.63) is 97.2 Å². The first-order valence-corrected chi connectivity index (χ1v) is 13.9. The van der Waals surface area contributed by atoms with Gasteiger partial charge in [-0.25, -0.2) is 19.0 Å². The van der Waals surface area contributed by atoms with Crippen molar-refractivity contribution in [3.8, 4) is 0 Å². The summed E-state index contributed by atoms with van der Waals surface area (Å²) >= 11 is 9.21. The Labute approximate surface area is 233 Å². The minimum absolute atomic E-state index is 0.166. The largest absolute Gasteiger partial charge is 0.333 e. The first-order valence-electron chi connectivity index (χ1n) is 11.8. The number of carbonyl (C=O) groups is 1. The first kappa shape index (κ1) is 25.7. The molecule has 0 saturated carbocycles. The van der Waals surface area contributed by atoms with Crippen LogP contribution in [0.1, 0.15) is 44.9 Å². The molecule has 2 atom stereocenters. The number of rotatable bonds is 6. The van der Waals surface area contributed by atoms with Crippen LogP contribution in [0.25, 0.3) is 5.57 Å². The fourth-order valence-electron chi connectivity index (χ4n) is 4.74. The van der Waals surface area contributed by atoms with Gasteiger partial charge in [-0.3, -0.25) is 9.79 Å². The Morgan fingerprint density at radius 2 is 2.08 bits per heavy atom. The van der Waals surface area contributed by atoms with Crippen molar-refractivity contribution >= 4 is 57.8 Å². The highest BCUT2D eigenvalue weighted by molar-refractivity contribution is 7.12. The van der Waals surface area contributed by atoms with E-state index in [0.29, 0.717) is 45.3 Å². The number of amidine groups is 1. The molecule has 7 nitrogen and oxygen atoms in total. The molecule has 0 unspecified atom stereocenters. The minimum Gasteiger partial charge on any atom is -0.328 e. The van der Waals surface area contributed by atoms with E-state index in [-0.39, 0.29) is 10.9 Å². The van der Waals surface area contributed by atoms with Gasteiger partial charge in [-0.05, 0) is 36.1 Å². The molecule has 198 valence electrons. The molecule has 1 fully saturated rings. The molecule has 0 spiro atoms. The highest BCUT2D eigenvalue weighted by atomic mass is 35.5. The molecule has 39 heavy (non-hydrogen) atoms. The van der Waals surface area contributed by atoms with E-state index in [1.165, 1.54) is 47.1 Å². The number of aromatic nitrogens is 3. The van der Waals surface area contributed by atoms with Crippen LogP contribution in [0.4, 0.5) is 13.2 Å². The van der Waals surface area contributed by atoms with Crippen molar-refractivity contribution in [1.82, 2.24) is 19.7 Å². The van der Waals surface area contributed by atoms with Crippen molar-refractivity contribution < 1.29 is 18.0 Å². The zero-order valence-electron chi connectivity index (χ0n) is 19.9. The second-order valence-electron chi connectivity index (χ2n) is 8.81. The van der Waals surface area contributed by atoms with Gasteiger partial charge in [0.2, 0.25) is 0 Å². The molecule has 3 aromatic heterocycles. The van der Waals surface area contributed by atoms with E-state index >= 15 is 0 Å². The fourth-order valence-corrected chi connectivity index (χ4v) is 6.26. The number of carbonyl (C=O) groups excluding carboxylic acids is 1. The number of thiazole rings is 1. The predicted molar refractivity (Wildman–Crippen MR) is 145 cm³/mol. The molecule has 6 rings (SSSR count). The van der Waals surface area contributed by atoms with Gasteiger partial charge in [0.05, 0.1) is 10.6 Å². The summed E-state index contributed by atoms with van der Waals surface area (Å²) in [5, 5.41) is 8.24. The fraction of sp³-hybridized carbons (Fsp3) is 0.192. The monoisotopic (exact) mass is 586 g/mol. The Kier molecular flexibility index (Phi) is 6.92. The van der Waals surface area contributed by atoms with Gasteiger partial charge in [-0.2, -0.15) is 13.9 Å². The second kappa shape index (κ2) is 10.5. The number of aliphatic imine (C=N–C) groups is 2. The van der Waals surface area contributed by atoms with Crippen LogP contribution in [0, 0.1) is 11.7 Å². The van der Waals surface area contributed by atoms with Gasteiger partial charge in [0.25, 0.3) is 0 Å². The van der Waals surface area contributed by atoms with Crippen LogP contribution in [-0.2, 0) is 0 Å². The first-order chi connectivity index (χ1) is 18.9. The van der Waals surface area contributed by atoms with Gasteiger partial charge in [0.15, 0.2) is 5.01 Å². The summed E-state index contributed by atoms with van der Waals surface area (Å²) < 4.78 is 41.5. The zero-order valence-corrected chi connectivity index (χ0v) is 22.3. The third-order valence-electron chi connectivity index (χ3n) is 6.39. The molecule has 2 aliphatic rings. The molecule has 13 heteroatoms. The number of amides is 1. The van der Waals surface area contributed by atoms with E-state index in [9.17, 15) is 18.0 Å². The van der Waals surface area contributed by atoms with Gasteiger partial charge in [-0.15, -0.1) is 22.7 Å². The number of hydrogen-bond donors (Lipinski definition) is 0. The standard InChI is InChI=1S/C26H18ClF3N6OS2/c27-17-11-15(28)3-4-16(17)22-21(18-5-7-36(34-18)26(29)30)19-10-14(12-32-24(37)25-31-6-9-39-25)13-35(19)23(33-22)20-2-1-8-38-20/h1-9,11-12,14,22,26H,10,13H2/t14-,22+/m1/s1. The summed E-state index contributed by atoms with van der Waals surface area (Å²) in [5.74, 6) is -0.432. The summed E-state index contributed by atoms with van der Waals surface area (Å²) in [5.41, 5.74) is 2.23. The Morgan fingerprint density at radius 1 is 1.21 bits per heavy atom. The molecule has 0 bridgehead atoms. The Morgan fingerprint density at radius 3 is 2.77 bits per heavy atom. The van der Waals surface area contributed by atoms with Crippen LogP contribution >= 0.6 is 34.3 Å². The normalized spacial score (nSPS) is 19.3. The van der Waals surface area contributed by atoms with Crippen LogP contribution in [0.15, 0.2) is 75.2 Å². The molecule has 1 amide bonds. The lowest BCUT2D eigenvalue weighted by molar-refractivity contribution is 0.0564. The number of allylic oxidation sites excluding steroid dienone is 1. The highest BCUT2D eigenvalue weighted by Gasteiger charge is 2.40. The van der Waals surface area contributed by atoms with Gasteiger partial charge >= 0.3 is 12.5 Å². The van der Waals surface area contributed by atoms with Crippen molar-refractivity contribution in [2.24, 2.45) is 15.9 Å². The molecular formula is C26H18ClF3N6OS2.